The summed E-state index contributed by atoms with van der Waals surface area (Å²) in [6, 6.07) is 5.01. The molecule has 1 aliphatic heterocycles. The van der Waals surface area contributed by atoms with Crippen molar-refractivity contribution in [3.63, 3.8) is 0 Å². The Hall–Kier alpha value is -2.44. The summed E-state index contributed by atoms with van der Waals surface area (Å²) >= 11 is 0. The first-order chi connectivity index (χ1) is 10.6. The zero-order chi connectivity index (χ0) is 15.9. The predicted molar refractivity (Wildman–Crippen MR) is 79.3 cm³/mol. The smallest absolute Gasteiger partial charge is 0.315 e. The standard InChI is InChI=1S/C15H20N2O5/c1-2-11(17-15(20)16-6-5-14(18)19)10-3-4-12-13(9-10)22-8-7-21-12/h3-4,9,11H,2,5-8H2,1H3,(H,18,19)(H2,16,17,20). The Morgan fingerprint density at radius 1 is 1.27 bits per heavy atom. The van der Waals surface area contributed by atoms with E-state index in [-0.39, 0.29) is 25.0 Å². The van der Waals surface area contributed by atoms with E-state index in [4.69, 9.17) is 14.6 Å². The van der Waals surface area contributed by atoms with Crippen LogP contribution >= 0.6 is 0 Å². The number of aliphatic carboxylic acids is 1. The Morgan fingerprint density at radius 3 is 2.68 bits per heavy atom. The third-order valence-electron chi connectivity index (χ3n) is 3.31. The monoisotopic (exact) mass is 308 g/mol. The summed E-state index contributed by atoms with van der Waals surface area (Å²) in [7, 11) is 0. The van der Waals surface area contributed by atoms with Gasteiger partial charge in [-0.15, -0.1) is 0 Å². The number of ether oxygens (including phenoxy) is 2. The number of amides is 2. The maximum absolute atomic E-state index is 11.8. The lowest BCUT2D eigenvalue weighted by atomic mass is 10.0. The normalized spacial score (nSPS) is 14.0. The number of carbonyl (C=O) groups is 2. The van der Waals surface area contributed by atoms with Crippen molar-refractivity contribution in [3.05, 3.63) is 23.8 Å². The molecule has 2 amide bonds. The van der Waals surface area contributed by atoms with Gasteiger partial charge >= 0.3 is 12.0 Å². The van der Waals surface area contributed by atoms with E-state index < -0.39 is 5.97 Å². The fourth-order valence-corrected chi connectivity index (χ4v) is 2.19. The average molecular weight is 308 g/mol. The molecular weight excluding hydrogens is 288 g/mol. The third kappa shape index (κ3) is 4.28. The van der Waals surface area contributed by atoms with Crippen LogP contribution in [0.3, 0.4) is 0 Å². The molecule has 1 aromatic carbocycles. The first-order valence-electron chi connectivity index (χ1n) is 7.26. The number of urea groups is 1. The van der Waals surface area contributed by atoms with Gasteiger partial charge in [-0.05, 0) is 24.1 Å². The Kier molecular flexibility index (Phi) is 5.46. The van der Waals surface area contributed by atoms with E-state index in [0.29, 0.717) is 31.1 Å². The van der Waals surface area contributed by atoms with E-state index in [0.717, 1.165) is 5.56 Å². The van der Waals surface area contributed by atoms with Crippen LogP contribution < -0.4 is 20.1 Å². The second-order valence-electron chi connectivity index (χ2n) is 4.91. The van der Waals surface area contributed by atoms with Gasteiger partial charge in [0.05, 0.1) is 12.5 Å². The minimum absolute atomic E-state index is 0.0960. The molecule has 1 aliphatic rings. The molecule has 1 heterocycles. The number of fused-ring (bicyclic) bond motifs is 1. The highest BCUT2D eigenvalue weighted by Gasteiger charge is 2.17. The Morgan fingerprint density at radius 2 is 2.00 bits per heavy atom. The number of carbonyl (C=O) groups excluding carboxylic acids is 1. The van der Waals surface area contributed by atoms with Crippen molar-refractivity contribution in [1.82, 2.24) is 10.6 Å². The van der Waals surface area contributed by atoms with Gasteiger partial charge in [0.15, 0.2) is 11.5 Å². The highest BCUT2D eigenvalue weighted by molar-refractivity contribution is 5.75. The first kappa shape index (κ1) is 15.9. The summed E-state index contributed by atoms with van der Waals surface area (Å²) in [4.78, 5) is 22.2. The third-order valence-corrected chi connectivity index (χ3v) is 3.31. The Balaban J connectivity index is 1.96. The van der Waals surface area contributed by atoms with Crippen molar-refractivity contribution in [2.75, 3.05) is 19.8 Å². The van der Waals surface area contributed by atoms with E-state index >= 15 is 0 Å². The van der Waals surface area contributed by atoms with Gasteiger partial charge in [0.1, 0.15) is 13.2 Å². The summed E-state index contributed by atoms with van der Waals surface area (Å²) < 4.78 is 11.0. The largest absolute Gasteiger partial charge is 0.486 e. The molecule has 0 aromatic heterocycles. The zero-order valence-corrected chi connectivity index (χ0v) is 12.4. The van der Waals surface area contributed by atoms with Gasteiger partial charge in [0, 0.05) is 6.54 Å². The highest BCUT2D eigenvalue weighted by atomic mass is 16.6. The molecule has 22 heavy (non-hydrogen) atoms. The topological polar surface area (TPSA) is 96.9 Å². The summed E-state index contributed by atoms with van der Waals surface area (Å²) in [6.07, 6.45) is 0.597. The van der Waals surface area contributed by atoms with Crippen molar-refractivity contribution >= 4 is 12.0 Å². The average Bonchev–Trinajstić information content (AvgIpc) is 2.51. The van der Waals surface area contributed by atoms with Gasteiger partial charge in [-0.3, -0.25) is 4.79 Å². The van der Waals surface area contributed by atoms with E-state index in [9.17, 15) is 9.59 Å². The molecule has 3 N–H and O–H groups in total. The van der Waals surface area contributed by atoms with Gasteiger partial charge in [-0.25, -0.2) is 4.79 Å². The number of nitrogens with one attached hydrogen (secondary N) is 2. The molecule has 120 valence electrons. The minimum Gasteiger partial charge on any atom is -0.486 e. The lowest BCUT2D eigenvalue weighted by Gasteiger charge is -2.22. The van der Waals surface area contributed by atoms with Crippen LogP contribution in [0.15, 0.2) is 18.2 Å². The van der Waals surface area contributed by atoms with Crippen molar-refractivity contribution in [2.24, 2.45) is 0 Å². The van der Waals surface area contributed by atoms with Crippen molar-refractivity contribution in [3.8, 4) is 11.5 Å². The second kappa shape index (κ2) is 7.53. The lowest BCUT2D eigenvalue weighted by molar-refractivity contribution is -0.136. The Bertz CT molecular complexity index is 547. The Labute approximate surface area is 128 Å². The van der Waals surface area contributed by atoms with E-state index in [2.05, 4.69) is 10.6 Å². The zero-order valence-electron chi connectivity index (χ0n) is 12.4. The molecule has 0 saturated carbocycles. The molecule has 0 fully saturated rings. The molecule has 0 saturated heterocycles. The maximum Gasteiger partial charge on any atom is 0.315 e. The molecule has 0 spiro atoms. The molecule has 1 aromatic rings. The molecular formula is C15H20N2O5. The van der Waals surface area contributed by atoms with Crippen LogP contribution in [0.25, 0.3) is 0 Å². The minimum atomic E-state index is -0.945. The second-order valence-corrected chi connectivity index (χ2v) is 4.91. The summed E-state index contributed by atoms with van der Waals surface area (Å²) in [5, 5.41) is 13.9. The van der Waals surface area contributed by atoms with Crippen molar-refractivity contribution in [1.29, 1.82) is 0 Å². The fourth-order valence-electron chi connectivity index (χ4n) is 2.19. The summed E-state index contributed by atoms with van der Waals surface area (Å²) in [6.45, 7) is 3.10. The molecule has 7 nitrogen and oxygen atoms in total. The van der Waals surface area contributed by atoms with Crippen LogP contribution in [-0.4, -0.2) is 36.9 Å². The van der Waals surface area contributed by atoms with Crippen LogP contribution in [0.2, 0.25) is 0 Å². The van der Waals surface area contributed by atoms with Crippen molar-refractivity contribution < 1.29 is 24.2 Å². The number of benzene rings is 1. The summed E-state index contributed by atoms with van der Waals surface area (Å²) in [5.41, 5.74) is 0.917. The van der Waals surface area contributed by atoms with E-state index in [1.165, 1.54) is 0 Å². The number of rotatable bonds is 6. The maximum atomic E-state index is 11.8. The molecule has 0 aliphatic carbocycles. The molecule has 0 bridgehead atoms. The fraction of sp³-hybridized carbons (Fsp3) is 0.467. The van der Waals surface area contributed by atoms with E-state index in [1.54, 1.807) is 0 Å². The van der Waals surface area contributed by atoms with Crippen molar-refractivity contribution in [2.45, 2.75) is 25.8 Å². The molecule has 1 unspecified atom stereocenters. The quantitative estimate of drug-likeness (QED) is 0.743. The van der Waals surface area contributed by atoms with Gasteiger partial charge in [0.2, 0.25) is 0 Å². The SMILES string of the molecule is CCC(NC(=O)NCCC(=O)O)c1ccc2c(c1)OCCO2. The molecule has 2 rings (SSSR count). The van der Waals surface area contributed by atoms with Crippen LogP contribution in [0.4, 0.5) is 4.79 Å². The van der Waals surface area contributed by atoms with Gasteiger partial charge in [-0.1, -0.05) is 13.0 Å². The van der Waals surface area contributed by atoms with Crippen LogP contribution in [-0.2, 0) is 4.79 Å². The van der Waals surface area contributed by atoms with E-state index in [1.807, 2.05) is 25.1 Å². The number of carboxylic acids is 1. The molecule has 7 heteroatoms. The van der Waals surface area contributed by atoms with Gasteiger partial charge < -0.3 is 25.2 Å². The lowest BCUT2D eigenvalue weighted by Crippen LogP contribution is -2.38. The van der Waals surface area contributed by atoms with Crippen LogP contribution in [0.1, 0.15) is 31.4 Å². The highest BCUT2D eigenvalue weighted by Crippen LogP contribution is 2.33. The number of carboxylic acid groups (broad SMARTS) is 1. The number of hydrogen-bond donors (Lipinski definition) is 3. The predicted octanol–water partition coefficient (Wildman–Crippen LogP) is 1.68. The van der Waals surface area contributed by atoms with Gasteiger partial charge in [0.25, 0.3) is 0 Å². The van der Waals surface area contributed by atoms with Gasteiger partial charge in [-0.2, -0.15) is 0 Å². The van der Waals surface area contributed by atoms with Crippen LogP contribution in [0.5, 0.6) is 11.5 Å². The summed E-state index contributed by atoms with van der Waals surface area (Å²) in [5.74, 6) is 0.435. The van der Waals surface area contributed by atoms with Crippen LogP contribution in [0, 0.1) is 0 Å². The number of hydrogen-bond acceptors (Lipinski definition) is 4. The molecule has 0 radical (unpaired) electrons. The first-order valence-corrected chi connectivity index (χ1v) is 7.26. The molecule has 1 atom stereocenters.